The average Bonchev–Trinajstić information content (AvgIpc) is 2.86. The molecular weight excluding hydrogens is 326 g/mol. The number of para-hydroxylation sites is 1. The first-order chi connectivity index (χ1) is 11.5. The molecule has 5 nitrogen and oxygen atoms in total. The Balaban J connectivity index is 1.83. The summed E-state index contributed by atoms with van der Waals surface area (Å²) < 4.78 is 7.15. The van der Waals surface area contributed by atoms with Gasteiger partial charge in [0.15, 0.2) is 5.75 Å². The number of hydrogen-bond acceptors (Lipinski definition) is 3. The minimum absolute atomic E-state index is 0.340. The Labute approximate surface area is 144 Å². The molecule has 24 heavy (non-hydrogen) atoms. The van der Waals surface area contributed by atoms with Crippen LogP contribution in [0.25, 0.3) is 0 Å². The third-order valence-corrected chi connectivity index (χ3v) is 3.73. The van der Waals surface area contributed by atoms with E-state index >= 15 is 0 Å². The number of nitrogens with one attached hydrogen (secondary N) is 1. The van der Waals surface area contributed by atoms with Crippen LogP contribution in [0.1, 0.15) is 11.4 Å². The Morgan fingerprint density at radius 2 is 1.75 bits per heavy atom. The van der Waals surface area contributed by atoms with Crippen LogP contribution in [0, 0.1) is 13.8 Å². The van der Waals surface area contributed by atoms with Gasteiger partial charge in [-0.25, -0.2) is 4.79 Å². The molecule has 0 fully saturated rings. The Hall–Kier alpha value is -2.79. The molecule has 122 valence electrons. The van der Waals surface area contributed by atoms with E-state index in [9.17, 15) is 4.79 Å². The SMILES string of the molecule is Cc1nn(C(=O)Nc2ccccc2)c(C)c1Oc1ccc(Cl)cc1. The molecule has 0 aliphatic rings. The van der Waals surface area contributed by atoms with Gasteiger partial charge in [0.05, 0.1) is 5.69 Å². The van der Waals surface area contributed by atoms with Crippen LogP contribution < -0.4 is 10.1 Å². The molecule has 1 aromatic heterocycles. The summed E-state index contributed by atoms with van der Waals surface area (Å²) in [6, 6.07) is 15.9. The first-order valence-corrected chi connectivity index (χ1v) is 7.78. The van der Waals surface area contributed by atoms with E-state index in [-0.39, 0.29) is 6.03 Å². The van der Waals surface area contributed by atoms with Crippen LogP contribution in [0.15, 0.2) is 54.6 Å². The summed E-state index contributed by atoms with van der Waals surface area (Å²) in [5.41, 5.74) is 1.96. The molecule has 1 N–H and O–H groups in total. The molecule has 0 saturated carbocycles. The van der Waals surface area contributed by atoms with Gasteiger partial charge in [-0.05, 0) is 50.2 Å². The predicted octanol–water partition coefficient (Wildman–Crippen LogP) is 5.03. The summed E-state index contributed by atoms with van der Waals surface area (Å²) in [5, 5.41) is 7.71. The summed E-state index contributed by atoms with van der Waals surface area (Å²) >= 11 is 5.87. The van der Waals surface area contributed by atoms with Crippen LogP contribution in [0.4, 0.5) is 10.5 Å². The molecule has 0 aliphatic heterocycles. The number of aryl methyl sites for hydroxylation is 1. The fourth-order valence-electron chi connectivity index (χ4n) is 2.29. The van der Waals surface area contributed by atoms with E-state index < -0.39 is 0 Å². The second-order valence-electron chi connectivity index (χ2n) is 5.26. The van der Waals surface area contributed by atoms with Crippen molar-refractivity contribution in [1.82, 2.24) is 9.78 Å². The number of amides is 1. The standard InChI is InChI=1S/C18H16ClN3O2/c1-12-17(24-16-10-8-14(19)9-11-16)13(2)22(21-12)18(23)20-15-6-4-3-5-7-15/h3-11H,1-2H3,(H,20,23). The highest BCUT2D eigenvalue weighted by molar-refractivity contribution is 6.30. The summed E-state index contributed by atoms with van der Waals surface area (Å²) in [6.07, 6.45) is 0. The van der Waals surface area contributed by atoms with Crippen LogP contribution in [-0.2, 0) is 0 Å². The van der Waals surface area contributed by atoms with Gasteiger partial charge >= 0.3 is 6.03 Å². The lowest BCUT2D eigenvalue weighted by Gasteiger charge is -2.08. The Bertz CT molecular complexity index is 858. The Morgan fingerprint density at radius 1 is 1.08 bits per heavy atom. The average molecular weight is 342 g/mol. The molecule has 0 radical (unpaired) electrons. The quantitative estimate of drug-likeness (QED) is 0.727. The fraction of sp³-hybridized carbons (Fsp3) is 0.111. The normalized spacial score (nSPS) is 10.5. The third-order valence-electron chi connectivity index (χ3n) is 3.48. The molecule has 0 spiro atoms. The van der Waals surface area contributed by atoms with Crippen molar-refractivity contribution in [2.45, 2.75) is 13.8 Å². The maximum Gasteiger partial charge on any atom is 0.346 e. The minimum Gasteiger partial charge on any atom is -0.453 e. The van der Waals surface area contributed by atoms with Gasteiger partial charge in [-0.3, -0.25) is 0 Å². The summed E-state index contributed by atoms with van der Waals surface area (Å²) in [5.74, 6) is 1.19. The molecule has 0 bridgehead atoms. The highest BCUT2D eigenvalue weighted by Crippen LogP contribution is 2.29. The number of nitrogens with zero attached hydrogens (tertiary/aromatic N) is 2. The summed E-state index contributed by atoms with van der Waals surface area (Å²) in [7, 11) is 0. The van der Waals surface area contributed by atoms with E-state index in [0.29, 0.717) is 33.6 Å². The largest absolute Gasteiger partial charge is 0.453 e. The van der Waals surface area contributed by atoms with Crippen LogP contribution in [0.3, 0.4) is 0 Å². The second kappa shape index (κ2) is 6.76. The van der Waals surface area contributed by atoms with Crippen LogP contribution in [-0.4, -0.2) is 15.8 Å². The number of aromatic nitrogens is 2. The Morgan fingerprint density at radius 3 is 2.42 bits per heavy atom. The molecule has 3 aromatic rings. The van der Waals surface area contributed by atoms with E-state index in [1.807, 2.05) is 30.3 Å². The predicted molar refractivity (Wildman–Crippen MR) is 94.1 cm³/mol. The van der Waals surface area contributed by atoms with Gasteiger partial charge in [-0.15, -0.1) is 0 Å². The molecule has 3 rings (SSSR count). The molecule has 0 saturated heterocycles. The molecule has 1 amide bonds. The van der Waals surface area contributed by atoms with Crippen molar-refractivity contribution in [1.29, 1.82) is 0 Å². The lowest BCUT2D eigenvalue weighted by Crippen LogP contribution is -2.21. The van der Waals surface area contributed by atoms with Crippen molar-refractivity contribution >= 4 is 23.3 Å². The summed E-state index contributed by atoms with van der Waals surface area (Å²) in [4.78, 5) is 12.4. The fourth-order valence-corrected chi connectivity index (χ4v) is 2.42. The summed E-state index contributed by atoms with van der Waals surface area (Å²) in [6.45, 7) is 3.58. The number of anilines is 1. The first kappa shape index (κ1) is 16.1. The van der Waals surface area contributed by atoms with E-state index in [2.05, 4.69) is 10.4 Å². The van der Waals surface area contributed by atoms with Crippen molar-refractivity contribution in [3.63, 3.8) is 0 Å². The third kappa shape index (κ3) is 3.41. The van der Waals surface area contributed by atoms with Crippen LogP contribution in [0.5, 0.6) is 11.5 Å². The van der Waals surface area contributed by atoms with Crippen molar-refractivity contribution in [3.05, 3.63) is 71.0 Å². The molecular formula is C18H16ClN3O2. The molecule has 0 atom stereocenters. The van der Waals surface area contributed by atoms with Crippen LogP contribution in [0.2, 0.25) is 5.02 Å². The highest BCUT2D eigenvalue weighted by atomic mass is 35.5. The maximum absolute atomic E-state index is 12.4. The number of hydrogen-bond donors (Lipinski definition) is 1. The Kier molecular flexibility index (Phi) is 4.53. The molecule has 0 unspecified atom stereocenters. The number of carbonyl (C=O) groups is 1. The zero-order chi connectivity index (χ0) is 17.1. The maximum atomic E-state index is 12.4. The van der Waals surface area contributed by atoms with Gasteiger partial charge in [0.2, 0.25) is 0 Å². The van der Waals surface area contributed by atoms with Crippen molar-refractivity contribution < 1.29 is 9.53 Å². The number of ether oxygens (including phenoxy) is 1. The minimum atomic E-state index is -0.340. The highest BCUT2D eigenvalue weighted by Gasteiger charge is 2.18. The van der Waals surface area contributed by atoms with Gasteiger partial charge in [0.1, 0.15) is 11.4 Å². The first-order valence-electron chi connectivity index (χ1n) is 7.40. The molecule has 1 heterocycles. The topological polar surface area (TPSA) is 56.2 Å². The lowest BCUT2D eigenvalue weighted by molar-refractivity contribution is 0.250. The second-order valence-corrected chi connectivity index (χ2v) is 5.70. The van der Waals surface area contributed by atoms with Gasteiger partial charge in [-0.2, -0.15) is 9.78 Å². The van der Waals surface area contributed by atoms with Crippen molar-refractivity contribution in [2.24, 2.45) is 0 Å². The van der Waals surface area contributed by atoms with E-state index in [1.54, 1.807) is 38.1 Å². The smallest absolute Gasteiger partial charge is 0.346 e. The van der Waals surface area contributed by atoms with Gasteiger partial charge in [-0.1, -0.05) is 29.8 Å². The van der Waals surface area contributed by atoms with E-state index in [0.717, 1.165) is 0 Å². The molecule has 2 aromatic carbocycles. The van der Waals surface area contributed by atoms with Crippen molar-refractivity contribution in [2.75, 3.05) is 5.32 Å². The molecule has 6 heteroatoms. The van der Waals surface area contributed by atoms with Gasteiger partial charge in [0.25, 0.3) is 0 Å². The number of halogens is 1. The van der Waals surface area contributed by atoms with Gasteiger partial charge in [0, 0.05) is 10.7 Å². The lowest BCUT2D eigenvalue weighted by atomic mass is 10.3. The number of rotatable bonds is 3. The molecule has 0 aliphatic carbocycles. The monoisotopic (exact) mass is 341 g/mol. The van der Waals surface area contributed by atoms with Crippen LogP contribution >= 0.6 is 11.6 Å². The van der Waals surface area contributed by atoms with Crippen molar-refractivity contribution in [3.8, 4) is 11.5 Å². The zero-order valence-corrected chi connectivity index (χ0v) is 14.0. The number of benzene rings is 2. The van der Waals surface area contributed by atoms with E-state index in [1.165, 1.54) is 4.68 Å². The number of carbonyl (C=O) groups excluding carboxylic acids is 1. The van der Waals surface area contributed by atoms with Gasteiger partial charge < -0.3 is 10.1 Å². The van der Waals surface area contributed by atoms with E-state index in [4.69, 9.17) is 16.3 Å². The zero-order valence-electron chi connectivity index (χ0n) is 13.3.